The minimum atomic E-state index is -1.15. The largest absolute Gasteiger partial charge is 0.475 e. The molecule has 0 spiro atoms. The van der Waals surface area contributed by atoms with Gasteiger partial charge in [-0.2, -0.15) is 0 Å². The van der Waals surface area contributed by atoms with Gasteiger partial charge in [0.1, 0.15) is 5.82 Å². The molecule has 2 aromatic rings. The molecule has 0 saturated carbocycles. The first-order valence-corrected chi connectivity index (χ1v) is 5.44. The molecule has 0 radical (unpaired) electrons. The fourth-order valence-electron chi connectivity index (χ4n) is 1.49. The first-order valence-electron chi connectivity index (χ1n) is 5.06. The average molecular weight is 270 g/mol. The number of hydrogen-bond acceptors (Lipinski definition) is 3. The van der Waals surface area contributed by atoms with Crippen LogP contribution in [0.3, 0.4) is 0 Å². The molecule has 0 atom stereocenters. The zero-order chi connectivity index (χ0) is 13.1. The summed E-state index contributed by atoms with van der Waals surface area (Å²) in [5.74, 6) is -1.72. The van der Waals surface area contributed by atoms with E-state index in [-0.39, 0.29) is 12.3 Å². The highest BCUT2D eigenvalue weighted by molar-refractivity contribution is 6.33. The number of hydrogen-bond donors (Lipinski definition) is 2. The quantitative estimate of drug-likeness (QED) is 0.893. The molecular weight excluding hydrogens is 261 g/mol. The Morgan fingerprint density at radius 1 is 1.44 bits per heavy atom. The molecule has 94 valence electrons. The maximum atomic E-state index is 13.0. The minimum Gasteiger partial charge on any atom is -0.475 e. The lowest BCUT2D eigenvalue weighted by Gasteiger charge is -2.07. The number of anilines is 1. The van der Waals surface area contributed by atoms with Gasteiger partial charge in [-0.3, -0.25) is 0 Å². The normalized spacial score (nSPS) is 10.3. The van der Waals surface area contributed by atoms with E-state index in [0.717, 1.165) is 0 Å². The monoisotopic (exact) mass is 269 g/mol. The van der Waals surface area contributed by atoms with Gasteiger partial charge in [0.05, 0.1) is 17.0 Å². The second-order valence-electron chi connectivity index (χ2n) is 3.56. The third-order valence-electron chi connectivity index (χ3n) is 2.34. The molecule has 18 heavy (non-hydrogen) atoms. The highest BCUT2D eigenvalue weighted by atomic mass is 35.5. The number of aromatic carboxylic acids is 1. The van der Waals surface area contributed by atoms with Crippen molar-refractivity contribution in [3.05, 3.63) is 52.7 Å². The summed E-state index contributed by atoms with van der Waals surface area (Å²) in [4.78, 5) is 10.8. The smallest absolute Gasteiger partial charge is 0.372 e. The Kier molecular flexibility index (Phi) is 3.53. The number of benzene rings is 1. The maximum absolute atomic E-state index is 13.0. The number of furan rings is 1. The van der Waals surface area contributed by atoms with Crippen LogP contribution in [0.1, 0.15) is 16.1 Å². The lowest BCUT2D eigenvalue weighted by atomic mass is 10.2. The van der Waals surface area contributed by atoms with Crippen LogP contribution < -0.4 is 5.32 Å². The van der Waals surface area contributed by atoms with Crippen LogP contribution in [0.25, 0.3) is 0 Å². The van der Waals surface area contributed by atoms with E-state index >= 15 is 0 Å². The molecular formula is C12H9ClFNO3. The second-order valence-corrected chi connectivity index (χ2v) is 3.97. The van der Waals surface area contributed by atoms with Crippen molar-refractivity contribution in [1.29, 1.82) is 0 Å². The summed E-state index contributed by atoms with van der Waals surface area (Å²) >= 11 is 5.87. The van der Waals surface area contributed by atoms with Gasteiger partial charge in [0, 0.05) is 12.1 Å². The van der Waals surface area contributed by atoms with Crippen molar-refractivity contribution in [3.63, 3.8) is 0 Å². The molecule has 1 heterocycles. The Morgan fingerprint density at radius 3 is 2.94 bits per heavy atom. The molecule has 0 unspecified atom stereocenters. The standard InChI is InChI=1S/C12H9ClFNO3/c13-9-2-1-8(14)5-10(9)15-6-7-3-4-18-11(7)12(16)17/h1-5,15H,6H2,(H,16,17). The molecule has 0 aliphatic heterocycles. The predicted octanol–water partition coefficient (Wildman–Crippen LogP) is 3.38. The molecule has 2 rings (SSSR count). The van der Waals surface area contributed by atoms with Gasteiger partial charge in [0.25, 0.3) is 0 Å². The summed E-state index contributed by atoms with van der Waals surface area (Å²) in [6, 6.07) is 5.44. The highest BCUT2D eigenvalue weighted by Crippen LogP contribution is 2.23. The van der Waals surface area contributed by atoms with Crippen LogP contribution in [0.15, 0.2) is 34.9 Å². The molecule has 0 amide bonds. The number of rotatable bonds is 4. The van der Waals surface area contributed by atoms with E-state index in [9.17, 15) is 9.18 Å². The van der Waals surface area contributed by atoms with E-state index < -0.39 is 11.8 Å². The van der Waals surface area contributed by atoms with Crippen molar-refractivity contribution in [2.24, 2.45) is 0 Å². The van der Waals surface area contributed by atoms with Gasteiger partial charge in [0.15, 0.2) is 0 Å². The minimum absolute atomic E-state index is 0.143. The van der Waals surface area contributed by atoms with Crippen molar-refractivity contribution in [3.8, 4) is 0 Å². The number of carbonyl (C=O) groups is 1. The zero-order valence-electron chi connectivity index (χ0n) is 9.11. The molecule has 6 heteroatoms. The van der Waals surface area contributed by atoms with E-state index in [2.05, 4.69) is 5.32 Å². The molecule has 0 fully saturated rings. The number of nitrogens with one attached hydrogen (secondary N) is 1. The molecule has 1 aromatic heterocycles. The fourth-order valence-corrected chi connectivity index (χ4v) is 1.67. The Bertz CT molecular complexity index is 582. The topological polar surface area (TPSA) is 62.5 Å². The van der Waals surface area contributed by atoms with Crippen LogP contribution in [-0.2, 0) is 6.54 Å². The molecule has 0 aliphatic rings. The van der Waals surface area contributed by atoms with Crippen LogP contribution >= 0.6 is 11.6 Å². The maximum Gasteiger partial charge on any atom is 0.372 e. The van der Waals surface area contributed by atoms with E-state index in [4.69, 9.17) is 21.1 Å². The van der Waals surface area contributed by atoms with Crippen LogP contribution in [0.5, 0.6) is 0 Å². The third-order valence-corrected chi connectivity index (χ3v) is 2.67. The number of carboxylic acid groups (broad SMARTS) is 1. The summed E-state index contributed by atoms with van der Waals surface area (Å²) in [5.41, 5.74) is 0.858. The van der Waals surface area contributed by atoms with Crippen LogP contribution in [0, 0.1) is 5.82 Å². The molecule has 1 aromatic carbocycles. The lowest BCUT2D eigenvalue weighted by Crippen LogP contribution is -2.05. The highest BCUT2D eigenvalue weighted by Gasteiger charge is 2.13. The van der Waals surface area contributed by atoms with Crippen LogP contribution in [0.2, 0.25) is 5.02 Å². The van der Waals surface area contributed by atoms with E-state index in [1.165, 1.54) is 30.5 Å². The molecule has 0 bridgehead atoms. The summed E-state index contributed by atoms with van der Waals surface area (Å²) in [5, 5.41) is 12.1. The Labute approximate surface area is 107 Å². The predicted molar refractivity (Wildman–Crippen MR) is 64.4 cm³/mol. The Hall–Kier alpha value is -2.01. The second kappa shape index (κ2) is 5.10. The van der Waals surface area contributed by atoms with Gasteiger partial charge in [-0.1, -0.05) is 11.6 Å². The zero-order valence-corrected chi connectivity index (χ0v) is 9.87. The van der Waals surface area contributed by atoms with Crippen LogP contribution in [-0.4, -0.2) is 11.1 Å². The summed E-state index contributed by atoms with van der Waals surface area (Å²) in [6.45, 7) is 0.182. The Balaban J connectivity index is 2.14. The third kappa shape index (κ3) is 2.62. The molecule has 0 aliphatic carbocycles. The van der Waals surface area contributed by atoms with Gasteiger partial charge >= 0.3 is 5.97 Å². The van der Waals surface area contributed by atoms with Crippen molar-refractivity contribution < 1.29 is 18.7 Å². The average Bonchev–Trinajstić information content (AvgIpc) is 2.79. The van der Waals surface area contributed by atoms with E-state index in [1.807, 2.05) is 0 Å². The number of carboxylic acids is 1. The first kappa shape index (κ1) is 12.4. The van der Waals surface area contributed by atoms with E-state index in [1.54, 1.807) is 0 Å². The Morgan fingerprint density at radius 2 is 2.22 bits per heavy atom. The van der Waals surface area contributed by atoms with Crippen molar-refractivity contribution in [1.82, 2.24) is 0 Å². The van der Waals surface area contributed by atoms with Gasteiger partial charge in [-0.25, -0.2) is 9.18 Å². The van der Waals surface area contributed by atoms with Gasteiger partial charge < -0.3 is 14.8 Å². The lowest BCUT2D eigenvalue weighted by molar-refractivity contribution is 0.0661. The summed E-state index contributed by atoms with van der Waals surface area (Å²) in [7, 11) is 0. The van der Waals surface area contributed by atoms with Crippen molar-refractivity contribution in [2.75, 3.05) is 5.32 Å². The van der Waals surface area contributed by atoms with Crippen molar-refractivity contribution >= 4 is 23.3 Å². The van der Waals surface area contributed by atoms with Gasteiger partial charge in [-0.15, -0.1) is 0 Å². The molecule has 2 N–H and O–H groups in total. The SMILES string of the molecule is O=C(O)c1occc1CNc1cc(F)ccc1Cl. The number of halogens is 2. The van der Waals surface area contributed by atoms with Crippen LogP contribution in [0.4, 0.5) is 10.1 Å². The van der Waals surface area contributed by atoms with Crippen molar-refractivity contribution in [2.45, 2.75) is 6.54 Å². The van der Waals surface area contributed by atoms with E-state index in [0.29, 0.717) is 16.3 Å². The molecule has 4 nitrogen and oxygen atoms in total. The first-order chi connectivity index (χ1) is 8.58. The fraction of sp³-hybridized carbons (Fsp3) is 0.0833. The summed E-state index contributed by atoms with van der Waals surface area (Å²) in [6.07, 6.45) is 1.29. The molecule has 0 saturated heterocycles. The van der Waals surface area contributed by atoms with Gasteiger partial charge in [0.2, 0.25) is 5.76 Å². The summed E-state index contributed by atoms with van der Waals surface area (Å²) < 4.78 is 17.8. The van der Waals surface area contributed by atoms with Gasteiger partial charge in [-0.05, 0) is 24.3 Å².